The second kappa shape index (κ2) is 3.53. The van der Waals surface area contributed by atoms with E-state index < -0.39 is 12.5 Å². The molecule has 0 amide bonds. The number of alkyl halides is 1. The Bertz CT molecular complexity index is 492. The number of rotatable bonds is 2. The molecule has 1 N–H and O–H groups in total. The summed E-state index contributed by atoms with van der Waals surface area (Å²) in [5.74, 6) is -0.534. The van der Waals surface area contributed by atoms with Crippen LogP contribution in [0.15, 0.2) is 28.7 Å². The Labute approximate surface area is 88.2 Å². The van der Waals surface area contributed by atoms with Crippen LogP contribution in [-0.4, -0.2) is 17.4 Å². The number of carbonyl (C=O) groups excluding carboxylic acids is 1. The molecule has 0 aliphatic carbocycles. The van der Waals surface area contributed by atoms with Gasteiger partial charge < -0.3 is 4.98 Å². The Morgan fingerprint density at radius 3 is 2.79 bits per heavy atom. The third kappa shape index (κ3) is 1.35. The number of hydrogen-bond donors (Lipinski definition) is 1. The van der Waals surface area contributed by atoms with Crippen molar-refractivity contribution in [2.45, 2.75) is 0 Å². The molecule has 2 nitrogen and oxygen atoms in total. The topological polar surface area (TPSA) is 32.9 Å². The number of hydrogen-bond acceptors (Lipinski definition) is 1. The van der Waals surface area contributed by atoms with E-state index in [-0.39, 0.29) is 0 Å². The van der Waals surface area contributed by atoms with Gasteiger partial charge in [-0.25, -0.2) is 4.39 Å². The zero-order chi connectivity index (χ0) is 10.1. The molecular formula is C10H7BrFNO. The van der Waals surface area contributed by atoms with Crippen molar-refractivity contribution in [1.82, 2.24) is 4.98 Å². The summed E-state index contributed by atoms with van der Waals surface area (Å²) in [6, 6.07) is 7.43. The monoisotopic (exact) mass is 255 g/mol. The molecule has 0 fully saturated rings. The fraction of sp³-hybridized carbons (Fsp3) is 0.100. The van der Waals surface area contributed by atoms with Gasteiger partial charge in [-0.05, 0) is 22.0 Å². The molecule has 0 aliphatic heterocycles. The highest BCUT2D eigenvalue weighted by atomic mass is 79.9. The molecule has 0 bridgehead atoms. The first-order valence-electron chi connectivity index (χ1n) is 4.09. The molecule has 0 aliphatic rings. The Morgan fingerprint density at radius 2 is 2.14 bits per heavy atom. The molecule has 2 aromatic rings. The Hall–Kier alpha value is -1.16. The molecule has 1 aromatic heterocycles. The zero-order valence-corrected chi connectivity index (χ0v) is 8.77. The van der Waals surface area contributed by atoms with Gasteiger partial charge in [-0.2, -0.15) is 0 Å². The van der Waals surface area contributed by atoms with Crippen LogP contribution in [0.1, 0.15) is 10.5 Å². The lowest BCUT2D eigenvalue weighted by Gasteiger charge is -1.91. The van der Waals surface area contributed by atoms with Gasteiger partial charge in [0.25, 0.3) is 0 Å². The van der Waals surface area contributed by atoms with Crippen LogP contribution in [0.4, 0.5) is 4.39 Å². The Morgan fingerprint density at radius 1 is 1.43 bits per heavy atom. The van der Waals surface area contributed by atoms with Gasteiger partial charge >= 0.3 is 0 Å². The molecule has 1 aromatic carbocycles. The van der Waals surface area contributed by atoms with Gasteiger partial charge in [-0.3, -0.25) is 4.79 Å². The second-order valence-corrected chi connectivity index (χ2v) is 3.71. The van der Waals surface area contributed by atoms with E-state index in [1.54, 1.807) is 0 Å². The number of benzene rings is 1. The quantitative estimate of drug-likeness (QED) is 0.823. The van der Waals surface area contributed by atoms with Gasteiger partial charge in [-0.15, -0.1) is 0 Å². The number of fused-ring (bicyclic) bond motifs is 1. The van der Waals surface area contributed by atoms with Crippen LogP contribution in [0.3, 0.4) is 0 Å². The number of Topliss-reactive ketones (excluding diaryl/α,β-unsaturated/α-hetero) is 1. The van der Waals surface area contributed by atoms with Crippen molar-refractivity contribution < 1.29 is 9.18 Å². The van der Waals surface area contributed by atoms with Crippen LogP contribution in [-0.2, 0) is 0 Å². The molecule has 2 rings (SSSR count). The van der Waals surface area contributed by atoms with E-state index in [0.29, 0.717) is 10.2 Å². The molecule has 0 radical (unpaired) electrons. The molecule has 0 atom stereocenters. The molecule has 1 heterocycles. The van der Waals surface area contributed by atoms with Gasteiger partial charge in [0.05, 0.1) is 4.47 Å². The lowest BCUT2D eigenvalue weighted by Crippen LogP contribution is -2.01. The number of ketones is 1. The number of halogens is 2. The smallest absolute Gasteiger partial charge is 0.211 e. The highest BCUT2D eigenvalue weighted by Crippen LogP contribution is 2.27. The van der Waals surface area contributed by atoms with E-state index in [1.165, 1.54) is 0 Å². The number of aromatic amines is 1. The summed E-state index contributed by atoms with van der Waals surface area (Å²) in [4.78, 5) is 14.0. The van der Waals surface area contributed by atoms with Crippen molar-refractivity contribution in [2.75, 3.05) is 6.67 Å². The van der Waals surface area contributed by atoms with E-state index in [0.717, 1.165) is 10.9 Å². The molecule has 0 saturated carbocycles. The summed E-state index contributed by atoms with van der Waals surface area (Å²) < 4.78 is 12.8. The minimum absolute atomic E-state index is 0.300. The fourth-order valence-electron chi connectivity index (χ4n) is 1.37. The lowest BCUT2D eigenvalue weighted by molar-refractivity contribution is 0.0954. The molecule has 72 valence electrons. The van der Waals surface area contributed by atoms with Crippen LogP contribution in [0.2, 0.25) is 0 Å². The van der Waals surface area contributed by atoms with Crippen molar-refractivity contribution >= 4 is 32.6 Å². The minimum atomic E-state index is -0.981. The van der Waals surface area contributed by atoms with Crippen LogP contribution in [0.25, 0.3) is 10.9 Å². The molecule has 0 unspecified atom stereocenters. The predicted octanol–water partition coefficient (Wildman–Crippen LogP) is 3.08. The van der Waals surface area contributed by atoms with Crippen LogP contribution in [0, 0.1) is 0 Å². The van der Waals surface area contributed by atoms with Crippen molar-refractivity contribution in [1.29, 1.82) is 0 Å². The Kier molecular flexibility index (Phi) is 2.37. The maximum atomic E-state index is 12.2. The van der Waals surface area contributed by atoms with E-state index in [9.17, 15) is 9.18 Å². The van der Waals surface area contributed by atoms with Crippen molar-refractivity contribution in [3.05, 3.63) is 34.4 Å². The second-order valence-electron chi connectivity index (χ2n) is 2.92. The van der Waals surface area contributed by atoms with Gasteiger partial charge in [-0.1, -0.05) is 18.2 Å². The van der Waals surface area contributed by atoms with E-state index in [4.69, 9.17) is 0 Å². The van der Waals surface area contributed by atoms with Gasteiger partial charge in [0, 0.05) is 10.9 Å². The standard InChI is InChI=1S/C10H7BrFNO/c11-9-6-3-1-2-4-7(6)13-10(9)8(14)5-12/h1-4,13H,5H2. The van der Waals surface area contributed by atoms with Gasteiger partial charge in [0.15, 0.2) is 6.67 Å². The van der Waals surface area contributed by atoms with Crippen LogP contribution >= 0.6 is 15.9 Å². The van der Waals surface area contributed by atoms with E-state index in [2.05, 4.69) is 20.9 Å². The summed E-state index contributed by atoms with van der Waals surface area (Å²) >= 11 is 3.27. The highest BCUT2D eigenvalue weighted by Gasteiger charge is 2.14. The molecule has 4 heteroatoms. The number of carbonyl (C=O) groups is 1. The third-order valence-corrected chi connectivity index (χ3v) is 2.87. The molecule has 14 heavy (non-hydrogen) atoms. The average molecular weight is 256 g/mol. The zero-order valence-electron chi connectivity index (χ0n) is 7.18. The highest BCUT2D eigenvalue weighted by molar-refractivity contribution is 9.10. The summed E-state index contributed by atoms with van der Waals surface area (Å²) in [6.45, 7) is -0.981. The minimum Gasteiger partial charge on any atom is -0.351 e. The third-order valence-electron chi connectivity index (χ3n) is 2.04. The van der Waals surface area contributed by atoms with Crippen molar-refractivity contribution in [3.8, 4) is 0 Å². The first-order chi connectivity index (χ1) is 6.74. The maximum Gasteiger partial charge on any atom is 0.211 e. The summed E-state index contributed by atoms with van der Waals surface area (Å²) in [6.07, 6.45) is 0. The molecule has 0 saturated heterocycles. The van der Waals surface area contributed by atoms with E-state index in [1.807, 2.05) is 24.3 Å². The summed E-state index contributed by atoms with van der Waals surface area (Å²) in [5, 5.41) is 0.893. The lowest BCUT2D eigenvalue weighted by atomic mass is 10.2. The Balaban J connectivity index is 2.68. The fourth-order valence-corrected chi connectivity index (χ4v) is 2.03. The van der Waals surface area contributed by atoms with Gasteiger partial charge in [0.1, 0.15) is 5.69 Å². The number of nitrogens with one attached hydrogen (secondary N) is 1. The number of H-pyrrole nitrogens is 1. The van der Waals surface area contributed by atoms with Gasteiger partial charge in [0.2, 0.25) is 5.78 Å². The van der Waals surface area contributed by atoms with E-state index >= 15 is 0 Å². The van der Waals surface area contributed by atoms with Crippen molar-refractivity contribution in [2.24, 2.45) is 0 Å². The summed E-state index contributed by atoms with van der Waals surface area (Å²) in [7, 11) is 0. The SMILES string of the molecule is O=C(CF)c1[nH]c2ccccc2c1Br. The maximum absolute atomic E-state index is 12.2. The summed E-state index contributed by atoms with van der Waals surface area (Å²) in [5.41, 5.74) is 1.13. The normalized spacial score (nSPS) is 10.7. The first-order valence-corrected chi connectivity index (χ1v) is 4.88. The molecule has 0 spiro atoms. The molecular weight excluding hydrogens is 249 g/mol. The van der Waals surface area contributed by atoms with Crippen LogP contribution in [0.5, 0.6) is 0 Å². The first kappa shape index (κ1) is 9.40. The number of aromatic nitrogens is 1. The average Bonchev–Trinajstić information content (AvgIpc) is 2.56. The van der Waals surface area contributed by atoms with Crippen molar-refractivity contribution in [3.63, 3.8) is 0 Å². The van der Waals surface area contributed by atoms with Crippen LogP contribution < -0.4 is 0 Å². The number of para-hydroxylation sites is 1. The largest absolute Gasteiger partial charge is 0.351 e. The predicted molar refractivity (Wildman–Crippen MR) is 56.3 cm³/mol.